The fourth-order valence-corrected chi connectivity index (χ4v) is 2.71. The van der Waals surface area contributed by atoms with E-state index in [1.807, 2.05) is 0 Å². The number of carbonyl (C=O) groups excluding carboxylic acids is 2. The lowest BCUT2D eigenvalue weighted by Crippen LogP contribution is -2.39. The summed E-state index contributed by atoms with van der Waals surface area (Å²) in [4.78, 5) is 37.0. The maximum Gasteiger partial charge on any atom is 0.411 e. The van der Waals surface area contributed by atoms with Crippen LogP contribution in [0.5, 0.6) is 5.75 Å². The van der Waals surface area contributed by atoms with Crippen LogP contribution < -0.4 is 10.1 Å². The number of methoxy groups -OCH3 is 1. The van der Waals surface area contributed by atoms with Gasteiger partial charge in [0.25, 0.3) is 5.91 Å². The fourth-order valence-electron chi connectivity index (χ4n) is 2.71. The topological polar surface area (TPSA) is 105 Å². The first-order valence-corrected chi connectivity index (χ1v) is 8.84. The summed E-state index contributed by atoms with van der Waals surface area (Å²) in [6.07, 6.45) is 1.01. The van der Waals surface area contributed by atoms with E-state index >= 15 is 0 Å². The van der Waals surface area contributed by atoms with Crippen molar-refractivity contribution >= 4 is 23.7 Å². The van der Waals surface area contributed by atoms with Crippen molar-refractivity contribution in [3.8, 4) is 17.6 Å². The van der Waals surface area contributed by atoms with Crippen molar-refractivity contribution in [1.29, 1.82) is 0 Å². The van der Waals surface area contributed by atoms with Crippen molar-refractivity contribution in [2.75, 3.05) is 19.0 Å². The molecule has 0 saturated carbocycles. The lowest BCUT2D eigenvalue weighted by molar-refractivity contribution is -0.111. The zero-order valence-corrected chi connectivity index (χ0v) is 16.4. The van der Waals surface area contributed by atoms with Crippen LogP contribution in [-0.2, 0) is 9.53 Å². The lowest BCUT2D eigenvalue weighted by Gasteiger charge is -2.26. The lowest BCUT2D eigenvalue weighted by atomic mass is 10.2. The van der Waals surface area contributed by atoms with Crippen molar-refractivity contribution in [2.24, 2.45) is 0 Å². The molecule has 0 aromatic heterocycles. The van der Waals surface area contributed by atoms with E-state index in [4.69, 9.17) is 14.6 Å². The summed E-state index contributed by atoms with van der Waals surface area (Å²) in [5.41, 5.74) is -0.252. The Morgan fingerprint density at radius 3 is 2.61 bits per heavy atom. The molecule has 1 aromatic carbocycles. The molecule has 1 fully saturated rings. The molecule has 1 heterocycles. The number of ether oxygens (including phenoxy) is 2. The van der Waals surface area contributed by atoms with Gasteiger partial charge in [0.1, 0.15) is 16.9 Å². The van der Waals surface area contributed by atoms with Crippen LogP contribution in [0.25, 0.3) is 0 Å². The molecule has 2 N–H and O–H groups in total. The molecule has 1 aliphatic heterocycles. The number of likely N-dealkylation sites (tertiary alicyclic amines) is 1. The molecule has 1 unspecified atom stereocenters. The summed E-state index contributed by atoms with van der Waals surface area (Å²) in [6, 6.07) is 3.81. The molecule has 8 nitrogen and oxygen atoms in total. The molecule has 0 radical (unpaired) electrons. The molecule has 28 heavy (non-hydrogen) atoms. The fraction of sp³-hybridized carbons (Fsp3) is 0.450. The highest BCUT2D eigenvalue weighted by atomic mass is 16.6. The summed E-state index contributed by atoms with van der Waals surface area (Å²) < 4.78 is 10.4. The second-order valence-corrected chi connectivity index (χ2v) is 7.28. The number of carbonyl (C=O) groups is 3. The molecule has 0 bridgehead atoms. The summed E-state index contributed by atoms with van der Waals surface area (Å²) in [5, 5.41) is 11.7. The van der Waals surface area contributed by atoms with Crippen LogP contribution in [0, 0.1) is 11.8 Å². The van der Waals surface area contributed by atoms with Gasteiger partial charge in [-0.2, -0.15) is 0 Å². The molecule has 1 atom stereocenters. The van der Waals surface area contributed by atoms with Crippen molar-refractivity contribution in [3.63, 3.8) is 0 Å². The molecule has 8 heteroatoms. The van der Waals surface area contributed by atoms with E-state index in [0.717, 1.165) is 6.42 Å². The summed E-state index contributed by atoms with van der Waals surface area (Å²) >= 11 is 0. The van der Waals surface area contributed by atoms with Gasteiger partial charge in [-0.15, -0.1) is 0 Å². The number of aromatic carboxylic acids is 1. The van der Waals surface area contributed by atoms with Crippen LogP contribution in [0.1, 0.15) is 44.0 Å². The standard InChI is InChI=1S/C20H24N2O6/c1-20(2,3)28-19(26)22-11-5-6-14(22)8-10-17(23)21-13-7-9-15(18(24)25)16(12-13)27-4/h7,9,12,14H,5-6,11H2,1-4H3,(H,21,23)(H,24,25). The number of anilines is 1. The minimum absolute atomic E-state index is 0.00876. The summed E-state index contributed by atoms with van der Waals surface area (Å²) in [7, 11) is 1.35. The number of amides is 2. The summed E-state index contributed by atoms with van der Waals surface area (Å²) in [5.74, 6) is 3.74. The van der Waals surface area contributed by atoms with Gasteiger partial charge in [0.2, 0.25) is 0 Å². The Balaban J connectivity index is 2.04. The number of nitrogens with one attached hydrogen (secondary N) is 1. The highest BCUT2D eigenvalue weighted by Gasteiger charge is 2.31. The molecule has 150 valence electrons. The van der Waals surface area contributed by atoms with Crippen molar-refractivity contribution in [1.82, 2.24) is 4.90 Å². The molecule has 0 spiro atoms. The third-order valence-electron chi connectivity index (χ3n) is 3.92. The number of hydrogen-bond donors (Lipinski definition) is 2. The van der Waals surface area contributed by atoms with Crippen LogP contribution in [0.15, 0.2) is 18.2 Å². The molecule has 1 aliphatic rings. The third-order valence-corrected chi connectivity index (χ3v) is 3.92. The van der Waals surface area contributed by atoms with Gasteiger partial charge in [-0.1, -0.05) is 5.92 Å². The minimum Gasteiger partial charge on any atom is -0.496 e. The third kappa shape index (κ3) is 5.64. The number of carboxylic acids is 1. The highest BCUT2D eigenvalue weighted by molar-refractivity contribution is 6.04. The SMILES string of the molecule is COc1cc(NC(=O)C#CC2CCCN2C(=O)OC(C)(C)C)ccc1C(=O)O. The number of nitrogens with zero attached hydrogens (tertiary/aromatic N) is 1. The molecular formula is C20H24N2O6. The number of hydrogen-bond acceptors (Lipinski definition) is 5. The van der Waals surface area contributed by atoms with Crippen LogP contribution in [0.2, 0.25) is 0 Å². The van der Waals surface area contributed by atoms with Gasteiger partial charge in [-0.05, 0) is 51.7 Å². The molecule has 1 saturated heterocycles. The van der Waals surface area contributed by atoms with Crippen LogP contribution >= 0.6 is 0 Å². The second kappa shape index (κ2) is 8.65. The average molecular weight is 388 g/mol. The van der Waals surface area contributed by atoms with Crippen LogP contribution in [0.3, 0.4) is 0 Å². The first kappa shape index (κ1) is 21.1. The smallest absolute Gasteiger partial charge is 0.411 e. The molecular weight excluding hydrogens is 364 g/mol. The Labute approximate surface area is 163 Å². The second-order valence-electron chi connectivity index (χ2n) is 7.28. The minimum atomic E-state index is -1.13. The maximum absolute atomic E-state index is 12.2. The Hall–Kier alpha value is -3.21. The Morgan fingerprint density at radius 1 is 1.29 bits per heavy atom. The van der Waals surface area contributed by atoms with Crippen molar-refractivity contribution in [2.45, 2.75) is 45.3 Å². The van der Waals surface area contributed by atoms with E-state index in [1.165, 1.54) is 30.2 Å². The van der Waals surface area contributed by atoms with E-state index in [2.05, 4.69) is 17.2 Å². The predicted octanol–water partition coefficient (Wildman–Crippen LogP) is 2.73. The molecule has 1 aromatic rings. The largest absolute Gasteiger partial charge is 0.496 e. The average Bonchev–Trinajstić information content (AvgIpc) is 3.07. The Bertz CT molecular complexity index is 831. The van der Waals surface area contributed by atoms with Gasteiger partial charge in [0.05, 0.1) is 13.2 Å². The van der Waals surface area contributed by atoms with E-state index in [-0.39, 0.29) is 17.4 Å². The zero-order chi connectivity index (χ0) is 20.9. The van der Waals surface area contributed by atoms with Crippen molar-refractivity contribution < 1.29 is 29.0 Å². The zero-order valence-electron chi connectivity index (χ0n) is 16.4. The predicted molar refractivity (Wildman–Crippen MR) is 102 cm³/mol. The quantitative estimate of drug-likeness (QED) is 0.772. The molecule has 0 aliphatic carbocycles. The first-order valence-electron chi connectivity index (χ1n) is 8.84. The Morgan fingerprint density at radius 2 is 2.00 bits per heavy atom. The Kier molecular flexibility index (Phi) is 6.52. The highest BCUT2D eigenvalue weighted by Crippen LogP contribution is 2.23. The number of carboxylic acid groups (broad SMARTS) is 1. The molecule has 2 rings (SSSR count). The van der Waals surface area contributed by atoms with E-state index in [9.17, 15) is 14.4 Å². The van der Waals surface area contributed by atoms with E-state index in [1.54, 1.807) is 20.8 Å². The van der Waals surface area contributed by atoms with Gasteiger partial charge in [-0.25, -0.2) is 9.59 Å². The molecule has 2 amide bonds. The monoisotopic (exact) mass is 388 g/mol. The summed E-state index contributed by atoms with van der Waals surface area (Å²) in [6.45, 7) is 5.90. The van der Waals surface area contributed by atoms with Gasteiger partial charge in [0.15, 0.2) is 0 Å². The maximum atomic E-state index is 12.2. The van der Waals surface area contributed by atoms with Gasteiger partial charge in [-0.3, -0.25) is 9.69 Å². The number of rotatable bonds is 3. The van der Waals surface area contributed by atoms with Crippen molar-refractivity contribution in [3.05, 3.63) is 23.8 Å². The van der Waals surface area contributed by atoms with Crippen LogP contribution in [0.4, 0.5) is 10.5 Å². The normalized spacial score (nSPS) is 16.0. The van der Waals surface area contributed by atoms with E-state index < -0.39 is 23.6 Å². The van der Waals surface area contributed by atoms with Gasteiger partial charge in [0, 0.05) is 18.3 Å². The van der Waals surface area contributed by atoms with E-state index in [0.29, 0.717) is 18.7 Å². The van der Waals surface area contributed by atoms with Crippen LogP contribution in [-0.4, -0.2) is 53.3 Å². The first-order chi connectivity index (χ1) is 13.1. The number of benzene rings is 1. The van der Waals surface area contributed by atoms with Gasteiger partial charge < -0.3 is 19.9 Å². The van der Waals surface area contributed by atoms with Gasteiger partial charge >= 0.3 is 12.1 Å².